The molecule has 5 rings (SSSR count). The fourth-order valence-electron chi connectivity index (χ4n) is 4.18. The molecule has 1 aromatic heterocycles. The Morgan fingerprint density at radius 1 is 1.16 bits per heavy atom. The van der Waals surface area contributed by atoms with Crippen LogP contribution in [0.3, 0.4) is 0 Å². The SMILES string of the molecule is Cc1ccc2nc(N3CCS(=O)(=O)c4ccccc4C3)nc(N[C@H]3CNC[C@@H]3F)c2c1. The third-order valence-electron chi connectivity index (χ3n) is 5.88. The highest BCUT2D eigenvalue weighted by Crippen LogP contribution is 2.29. The Balaban J connectivity index is 1.58. The molecule has 1 fully saturated rings. The molecule has 2 N–H and O–H groups in total. The monoisotopic (exact) mass is 441 g/mol. The fraction of sp³-hybridized carbons (Fsp3) is 0.364. The molecule has 2 aliphatic heterocycles. The number of benzene rings is 2. The van der Waals surface area contributed by atoms with Gasteiger partial charge in [0.2, 0.25) is 5.95 Å². The zero-order chi connectivity index (χ0) is 21.6. The summed E-state index contributed by atoms with van der Waals surface area (Å²) in [6.45, 7) is 3.49. The van der Waals surface area contributed by atoms with E-state index in [4.69, 9.17) is 9.97 Å². The first-order valence-corrected chi connectivity index (χ1v) is 12.0. The van der Waals surface area contributed by atoms with Crippen LogP contribution in [0.15, 0.2) is 47.4 Å². The minimum Gasteiger partial charge on any atom is -0.362 e. The molecule has 162 valence electrons. The number of aryl methyl sites for hydroxylation is 1. The highest BCUT2D eigenvalue weighted by atomic mass is 32.2. The van der Waals surface area contributed by atoms with Crippen molar-refractivity contribution in [1.82, 2.24) is 15.3 Å². The summed E-state index contributed by atoms with van der Waals surface area (Å²) in [6, 6.07) is 12.6. The van der Waals surface area contributed by atoms with Gasteiger partial charge in [0.05, 0.1) is 22.2 Å². The first kappa shape index (κ1) is 20.1. The zero-order valence-electron chi connectivity index (χ0n) is 17.2. The summed E-state index contributed by atoms with van der Waals surface area (Å²) in [5, 5.41) is 7.13. The van der Waals surface area contributed by atoms with Crippen LogP contribution in [-0.4, -0.2) is 56.0 Å². The van der Waals surface area contributed by atoms with Crippen LogP contribution in [0.4, 0.5) is 16.2 Å². The van der Waals surface area contributed by atoms with E-state index in [1.165, 1.54) is 0 Å². The van der Waals surface area contributed by atoms with E-state index in [0.29, 0.717) is 36.3 Å². The predicted molar refractivity (Wildman–Crippen MR) is 119 cm³/mol. The third kappa shape index (κ3) is 3.83. The molecule has 0 bridgehead atoms. The number of fused-ring (bicyclic) bond motifs is 2. The van der Waals surface area contributed by atoms with Gasteiger partial charge in [-0.15, -0.1) is 0 Å². The van der Waals surface area contributed by atoms with Crippen molar-refractivity contribution >= 4 is 32.5 Å². The molecule has 31 heavy (non-hydrogen) atoms. The summed E-state index contributed by atoms with van der Waals surface area (Å²) in [5.41, 5.74) is 2.52. The second-order valence-corrected chi connectivity index (χ2v) is 10.2. The van der Waals surface area contributed by atoms with Crippen molar-refractivity contribution < 1.29 is 12.8 Å². The van der Waals surface area contributed by atoms with Gasteiger partial charge in [-0.25, -0.2) is 17.8 Å². The molecule has 1 saturated heterocycles. The maximum atomic E-state index is 14.3. The molecule has 3 heterocycles. The van der Waals surface area contributed by atoms with Gasteiger partial charge in [0.25, 0.3) is 0 Å². The molecule has 0 spiro atoms. The van der Waals surface area contributed by atoms with Gasteiger partial charge in [-0.05, 0) is 30.7 Å². The number of aromatic nitrogens is 2. The number of halogens is 1. The molecule has 9 heteroatoms. The summed E-state index contributed by atoms with van der Waals surface area (Å²) in [7, 11) is -3.37. The fourth-order valence-corrected chi connectivity index (χ4v) is 5.68. The number of sulfone groups is 1. The molecular formula is C22H24FN5O2S. The standard InChI is InChI=1S/C22H24FN5O2S/c1-14-6-7-18-16(10-14)21(25-19-12-24-11-17(19)23)27-22(26-18)28-8-9-31(29,30)20-5-3-2-4-15(20)13-28/h2-7,10,17,19,24H,8-9,11-13H2,1H3,(H,25,26,27)/t17-,19-/m0/s1. The summed E-state index contributed by atoms with van der Waals surface area (Å²) in [5.74, 6) is 0.994. The molecule has 2 aromatic carbocycles. The molecule has 0 aliphatic carbocycles. The summed E-state index contributed by atoms with van der Waals surface area (Å²) < 4.78 is 39.7. The Hall–Kier alpha value is -2.78. The van der Waals surface area contributed by atoms with Gasteiger partial charge in [0.15, 0.2) is 9.84 Å². The smallest absolute Gasteiger partial charge is 0.228 e. The van der Waals surface area contributed by atoms with Crippen molar-refractivity contribution in [3.63, 3.8) is 0 Å². The van der Waals surface area contributed by atoms with Crippen molar-refractivity contribution in [2.75, 3.05) is 35.6 Å². The molecule has 3 aromatic rings. The molecule has 0 unspecified atom stereocenters. The number of hydrogen-bond acceptors (Lipinski definition) is 7. The van der Waals surface area contributed by atoms with Gasteiger partial charge >= 0.3 is 0 Å². The van der Waals surface area contributed by atoms with Crippen LogP contribution in [0, 0.1) is 6.92 Å². The zero-order valence-corrected chi connectivity index (χ0v) is 18.0. The predicted octanol–water partition coefficient (Wildman–Crippen LogP) is 2.45. The van der Waals surface area contributed by atoms with Gasteiger partial charge in [-0.1, -0.05) is 29.8 Å². The minimum absolute atomic E-state index is 0.0127. The highest BCUT2D eigenvalue weighted by Gasteiger charge is 2.29. The van der Waals surface area contributed by atoms with Crippen LogP contribution >= 0.6 is 0 Å². The average Bonchev–Trinajstić information content (AvgIpc) is 3.09. The summed E-state index contributed by atoms with van der Waals surface area (Å²) >= 11 is 0. The van der Waals surface area contributed by atoms with Crippen LogP contribution in [-0.2, 0) is 16.4 Å². The highest BCUT2D eigenvalue weighted by molar-refractivity contribution is 7.91. The normalized spacial score (nSPS) is 22.8. The van der Waals surface area contributed by atoms with Crippen molar-refractivity contribution in [3.8, 4) is 0 Å². The second kappa shape index (κ2) is 7.72. The summed E-state index contributed by atoms with van der Waals surface area (Å²) in [4.78, 5) is 11.7. The number of anilines is 2. The Kier molecular flexibility index (Phi) is 5.02. The average molecular weight is 442 g/mol. The van der Waals surface area contributed by atoms with E-state index in [0.717, 1.165) is 22.0 Å². The van der Waals surface area contributed by atoms with Gasteiger partial charge in [-0.3, -0.25) is 0 Å². The lowest BCUT2D eigenvalue weighted by atomic mass is 10.1. The van der Waals surface area contributed by atoms with Crippen molar-refractivity contribution in [3.05, 3.63) is 53.6 Å². The van der Waals surface area contributed by atoms with Gasteiger partial charge in [0, 0.05) is 31.6 Å². The van der Waals surface area contributed by atoms with E-state index < -0.39 is 16.0 Å². The number of hydrogen-bond donors (Lipinski definition) is 2. The lowest BCUT2D eigenvalue weighted by molar-refractivity contribution is 0.342. The number of nitrogens with one attached hydrogen (secondary N) is 2. The molecule has 0 radical (unpaired) electrons. The van der Waals surface area contributed by atoms with Crippen molar-refractivity contribution in [2.45, 2.75) is 30.6 Å². The Labute approximate surface area is 180 Å². The Morgan fingerprint density at radius 3 is 2.81 bits per heavy atom. The third-order valence-corrected chi connectivity index (χ3v) is 7.67. The van der Waals surface area contributed by atoms with Gasteiger partial charge in [0.1, 0.15) is 12.0 Å². The topological polar surface area (TPSA) is 87.2 Å². The van der Waals surface area contributed by atoms with Crippen LogP contribution in [0.2, 0.25) is 0 Å². The van der Waals surface area contributed by atoms with E-state index in [2.05, 4.69) is 10.6 Å². The molecule has 2 atom stereocenters. The van der Waals surface area contributed by atoms with E-state index in [1.807, 2.05) is 42.2 Å². The Bertz CT molecular complexity index is 1250. The molecule has 0 saturated carbocycles. The van der Waals surface area contributed by atoms with Crippen LogP contribution in [0.5, 0.6) is 0 Å². The molecular weight excluding hydrogens is 417 g/mol. The minimum atomic E-state index is -3.37. The molecule has 7 nitrogen and oxygen atoms in total. The van der Waals surface area contributed by atoms with Crippen molar-refractivity contribution in [1.29, 1.82) is 0 Å². The Morgan fingerprint density at radius 2 is 2.00 bits per heavy atom. The first-order valence-electron chi connectivity index (χ1n) is 10.4. The lowest BCUT2D eigenvalue weighted by Gasteiger charge is -2.23. The maximum absolute atomic E-state index is 14.3. The number of rotatable bonds is 3. The molecule has 2 aliphatic rings. The maximum Gasteiger partial charge on any atom is 0.228 e. The van der Waals surface area contributed by atoms with Gasteiger partial charge in [-0.2, -0.15) is 4.98 Å². The van der Waals surface area contributed by atoms with Crippen molar-refractivity contribution in [2.24, 2.45) is 0 Å². The van der Waals surface area contributed by atoms with Crippen LogP contribution in [0.1, 0.15) is 11.1 Å². The second-order valence-electron chi connectivity index (χ2n) is 8.17. The quantitative estimate of drug-likeness (QED) is 0.646. The summed E-state index contributed by atoms with van der Waals surface area (Å²) in [6.07, 6.45) is -1.01. The van der Waals surface area contributed by atoms with Gasteiger partial charge < -0.3 is 15.5 Å². The van der Waals surface area contributed by atoms with E-state index in [9.17, 15) is 12.8 Å². The molecule has 0 amide bonds. The number of nitrogens with zero attached hydrogens (tertiary/aromatic N) is 3. The van der Waals surface area contributed by atoms with Crippen LogP contribution in [0.25, 0.3) is 10.9 Å². The first-order chi connectivity index (χ1) is 14.9. The van der Waals surface area contributed by atoms with E-state index in [1.54, 1.807) is 12.1 Å². The number of alkyl halides is 1. The van der Waals surface area contributed by atoms with Crippen LogP contribution < -0.4 is 15.5 Å². The largest absolute Gasteiger partial charge is 0.362 e. The lowest BCUT2D eigenvalue weighted by Crippen LogP contribution is -2.31. The van der Waals surface area contributed by atoms with E-state index in [-0.39, 0.29) is 18.3 Å². The van der Waals surface area contributed by atoms with E-state index >= 15 is 0 Å².